The molecule has 3 aromatic carbocycles. The Morgan fingerprint density at radius 3 is 2.41 bits per heavy atom. The van der Waals surface area contributed by atoms with E-state index in [-0.39, 0.29) is 11.3 Å². The van der Waals surface area contributed by atoms with Crippen molar-refractivity contribution in [1.82, 2.24) is 9.55 Å². The van der Waals surface area contributed by atoms with E-state index in [4.69, 9.17) is 16.3 Å². The maximum absolute atomic E-state index is 13.2. The highest BCUT2D eigenvalue weighted by molar-refractivity contribution is 6.30. The Hall–Kier alpha value is -3.44. The van der Waals surface area contributed by atoms with Gasteiger partial charge in [-0.15, -0.1) is 0 Å². The Balaban J connectivity index is 1.82. The molecule has 0 amide bonds. The summed E-state index contributed by atoms with van der Waals surface area (Å²) in [5.41, 5.74) is 2.22. The number of aromatic nitrogens is 2. The van der Waals surface area contributed by atoms with Crippen LogP contribution in [0.2, 0.25) is 5.02 Å². The van der Waals surface area contributed by atoms with E-state index in [1.165, 1.54) is 0 Å². The molecule has 0 atom stereocenters. The molecule has 1 heterocycles. The van der Waals surface area contributed by atoms with Crippen LogP contribution < -0.4 is 10.3 Å². The second-order valence-corrected chi connectivity index (χ2v) is 7.07. The zero-order chi connectivity index (χ0) is 20.5. The molecule has 0 N–H and O–H groups in total. The SMILES string of the molecule is Cc1ccccc1-n1c(C)nc2c(OC(=O)c3ccc(Cl)cc3)cccc2c1=O. The van der Waals surface area contributed by atoms with Gasteiger partial charge in [0.2, 0.25) is 0 Å². The summed E-state index contributed by atoms with van der Waals surface area (Å²) in [6.07, 6.45) is 0. The lowest BCUT2D eigenvalue weighted by Crippen LogP contribution is -2.23. The fourth-order valence-corrected chi connectivity index (χ4v) is 3.34. The lowest BCUT2D eigenvalue weighted by molar-refractivity contribution is 0.0736. The van der Waals surface area contributed by atoms with Crippen molar-refractivity contribution >= 4 is 28.5 Å². The lowest BCUT2D eigenvalue weighted by Gasteiger charge is -2.14. The standard InChI is InChI=1S/C23H17ClN2O3/c1-14-6-3-4-8-19(14)26-15(2)25-21-18(22(26)27)7-5-9-20(21)29-23(28)16-10-12-17(24)13-11-16/h3-13H,1-2H3. The average molecular weight is 405 g/mol. The van der Waals surface area contributed by atoms with E-state index >= 15 is 0 Å². The summed E-state index contributed by atoms with van der Waals surface area (Å²) < 4.78 is 7.11. The Bertz CT molecular complexity index is 1290. The van der Waals surface area contributed by atoms with Gasteiger partial charge in [0.1, 0.15) is 11.3 Å². The third-order valence-electron chi connectivity index (χ3n) is 4.67. The Morgan fingerprint density at radius 2 is 1.69 bits per heavy atom. The first kappa shape index (κ1) is 18.9. The van der Waals surface area contributed by atoms with Crippen molar-refractivity contribution < 1.29 is 9.53 Å². The van der Waals surface area contributed by atoms with Gasteiger partial charge in [-0.2, -0.15) is 0 Å². The molecule has 0 bridgehead atoms. The summed E-state index contributed by atoms with van der Waals surface area (Å²) in [5, 5.41) is 0.904. The molecule has 0 aliphatic carbocycles. The van der Waals surface area contributed by atoms with Crippen LogP contribution in [0.1, 0.15) is 21.7 Å². The van der Waals surface area contributed by atoms with Gasteiger partial charge in [0.25, 0.3) is 5.56 Å². The first-order chi connectivity index (χ1) is 14.0. The topological polar surface area (TPSA) is 61.2 Å². The monoisotopic (exact) mass is 404 g/mol. The number of para-hydroxylation sites is 2. The third-order valence-corrected chi connectivity index (χ3v) is 4.92. The number of fused-ring (bicyclic) bond motifs is 1. The van der Waals surface area contributed by atoms with Crippen LogP contribution in [0, 0.1) is 13.8 Å². The van der Waals surface area contributed by atoms with Crippen LogP contribution in [0.25, 0.3) is 16.6 Å². The number of esters is 1. The van der Waals surface area contributed by atoms with Crippen LogP contribution in [0.3, 0.4) is 0 Å². The van der Waals surface area contributed by atoms with E-state index in [9.17, 15) is 9.59 Å². The molecule has 0 fully saturated rings. The molecule has 0 saturated carbocycles. The van der Waals surface area contributed by atoms with Crippen LogP contribution >= 0.6 is 11.6 Å². The minimum atomic E-state index is -0.545. The van der Waals surface area contributed by atoms with Crippen molar-refractivity contribution in [2.24, 2.45) is 0 Å². The van der Waals surface area contributed by atoms with Gasteiger partial charge in [-0.25, -0.2) is 9.78 Å². The van der Waals surface area contributed by atoms with Crippen LogP contribution in [0.4, 0.5) is 0 Å². The molecule has 6 heteroatoms. The van der Waals surface area contributed by atoms with Gasteiger partial charge >= 0.3 is 5.97 Å². The number of benzene rings is 3. The number of hydrogen-bond acceptors (Lipinski definition) is 4. The van der Waals surface area contributed by atoms with Gasteiger partial charge in [-0.1, -0.05) is 35.9 Å². The predicted octanol–water partition coefficient (Wildman–Crippen LogP) is 4.88. The normalized spacial score (nSPS) is 10.9. The van der Waals surface area contributed by atoms with Crippen LogP contribution in [-0.2, 0) is 0 Å². The molecule has 0 aliphatic heterocycles. The quantitative estimate of drug-likeness (QED) is 0.361. The minimum Gasteiger partial charge on any atom is -0.421 e. The maximum Gasteiger partial charge on any atom is 0.343 e. The van der Waals surface area contributed by atoms with Crippen LogP contribution in [0.5, 0.6) is 5.75 Å². The lowest BCUT2D eigenvalue weighted by atomic mass is 10.1. The Labute approximate surface area is 172 Å². The largest absolute Gasteiger partial charge is 0.421 e. The van der Waals surface area contributed by atoms with E-state index in [1.807, 2.05) is 31.2 Å². The van der Waals surface area contributed by atoms with E-state index < -0.39 is 5.97 Å². The Kier molecular flexibility index (Phi) is 4.91. The summed E-state index contributed by atoms with van der Waals surface area (Å²) in [6.45, 7) is 3.70. The molecule has 4 aromatic rings. The van der Waals surface area contributed by atoms with Gasteiger partial charge in [0.05, 0.1) is 16.6 Å². The molecule has 0 unspecified atom stereocenters. The number of carbonyl (C=O) groups is 1. The third kappa shape index (κ3) is 3.52. The van der Waals surface area contributed by atoms with Gasteiger partial charge in [-0.05, 0) is 61.9 Å². The van der Waals surface area contributed by atoms with Gasteiger partial charge in [-0.3, -0.25) is 9.36 Å². The summed E-state index contributed by atoms with van der Waals surface area (Å²) in [5.74, 6) is 0.197. The second kappa shape index (κ2) is 7.53. The van der Waals surface area contributed by atoms with Gasteiger partial charge in [0.15, 0.2) is 5.75 Å². The molecule has 144 valence electrons. The number of carbonyl (C=O) groups excluding carboxylic acids is 1. The Morgan fingerprint density at radius 1 is 0.966 bits per heavy atom. The molecule has 5 nitrogen and oxygen atoms in total. The summed E-state index contributed by atoms with van der Waals surface area (Å²) in [6, 6.07) is 19.0. The second-order valence-electron chi connectivity index (χ2n) is 6.63. The van der Waals surface area contributed by atoms with Crippen molar-refractivity contribution in [1.29, 1.82) is 0 Å². The van der Waals surface area contributed by atoms with E-state index in [0.29, 0.717) is 27.3 Å². The smallest absolute Gasteiger partial charge is 0.343 e. The number of hydrogen-bond donors (Lipinski definition) is 0. The van der Waals surface area contributed by atoms with E-state index in [1.54, 1.807) is 54.0 Å². The molecule has 0 radical (unpaired) electrons. The molecule has 0 spiro atoms. The average Bonchev–Trinajstić information content (AvgIpc) is 2.70. The summed E-state index contributed by atoms with van der Waals surface area (Å²) >= 11 is 5.87. The first-order valence-electron chi connectivity index (χ1n) is 9.02. The maximum atomic E-state index is 13.2. The fraction of sp³-hybridized carbons (Fsp3) is 0.0870. The van der Waals surface area contributed by atoms with Crippen molar-refractivity contribution in [3.63, 3.8) is 0 Å². The van der Waals surface area contributed by atoms with Crippen LogP contribution in [0.15, 0.2) is 71.5 Å². The molecule has 0 aliphatic rings. The highest BCUT2D eigenvalue weighted by atomic mass is 35.5. The molecular weight excluding hydrogens is 388 g/mol. The van der Waals surface area contributed by atoms with Gasteiger partial charge in [0, 0.05) is 5.02 Å². The van der Waals surface area contributed by atoms with E-state index in [2.05, 4.69) is 4.98 Å². The molecule has 29 heavy (non-hydrogen) atoms. The van der Waals surface area contributed by atoms with E-state index in [0.717, 1.165) is 11.3 Å². The summed E-state index contributed by atoms with van der Waals surface area (Å²) in [7, 11) is 0. The number of ether oxygens (including phenoxy) is 1. The zero-order valence-corrected chi connectivity index (χ0v) is 16.6. The molecule has 0 saturated heterocycles. The van der Waals surface area contributed by atoms with Crippen LogP contribution in [-0.4, -0.2) is 15.5 Å². The highest BCUT2D eigenvalue weighted by Crippen LogP contribution is 2.24. The molecule has 4 rings (SSSR count). The first-order valence-corrected chi connectivity index (χ1v) is 9.39. The number of aryl methyl sites for hydroxylation is 2. The fourth-order valence-electron chi connectivity index (χ4n) is 3.21. The van der Waals surface area contributed by atoms with Crippen molar-refractivity contribution in [3.8, 4) is 11.4 Å². The van der Waals surface area contributed by atoms with Crippen molar-refractivity contribution in [2.75, 3.05) is 0 Å². The van der Waals surface area contributed by atoms with Gasteiger partial charge < -0.3 is 4.74 Å². The number of nitrogens with zero attached hydrogens (tertiary/aromatic N) is 2. The zero-order valence-electron chi connectivity index (χ0n) is 15.8. The van der Waals surface area contributed by atoms with Crippen molar-refractivity contribution in [3.05, 3.63) is 99.1 Å². The molecule has 1 aromatic heterocycles. The highest BCUT2D eigenvalue weighted by Gasteiger charge is 2.17. The number of halogens is 1. The number of rotatable bonds is 3. The molecular formula is C23H17ClN2O3. The predicted molar refractivity (Wildman–Crippen MR) is 113 cm³/mol. The summed E-state index contributed by atoms with van der Waals surface area (Å²) in [4.78, 5) is 30.3. The van der Waals surface area contributed by atoms with Crippen molar-refractivity contribution in [2.45, 2.75) is 13.8 Å². The minimum absolute atomic E-state index is 0.216.